The van der Waals surface area contributed by atoms with Gasteiger partial charge < -0.3 is 15.2 Å². The van der Waals surface area contributed by atoms with E-state index in [1.165, 1.54) is 0 Å². The van der Waals surface area contributed by atoms with Gasteiger partial charge in [0.15, 0.2) is 17.1 Å². The quantitative estimate of drug-likeness (QED) is 0.731. The number of imidazole rings is 1. The highest BCUT2D eigenvalue weighted by Crippen LogP contribution is 2.34. The van der Waals surface area contributed by atoms with Gasteiger partial charge in [-0.3, -0.25) is 4.57 Å². The lowest BCUT2D eigenvalue weighted by Crippen LogP contribution is -2.15. The van der Waals surface area contributed by atoms with E-state index >= 15 is 0 Å². The molecular weight excluding hydrogens is 270 g/mol. The minimum atomic E-state index is 0.428. The van der Waals surface area contributed by atoms with Crippen molar-refractivity contribution in [1.29, 1.82) is 0 Å². The first-order valence-corrected chi connectivity index (χ1v) is 6.72. The van der Waals surface area contributed by atoms with Gasteiger partial charge in [-0.1, -0.05) is 0 Å². The summed E-state index contributed by atoms with van der Waals surface area (Å²) in [5, 5.41) is 4.39. The first-order chi connectivity index (χ1) is 10.1. The number of benzene rings is 1. The predicted molar refractivity (Wildman–Crippen MR) is 78.0 cm³/mol. The standard InChI is InChI=1S/C14H15N5O2/c1-8-12-13(18(2)17-8)19(14(15)16-12)9-3-4-10-11(7-9)21-6-5-20-10/h3-4,7H,5-6H2,1-2H3,(H2,15,16). The smallest absolute Gasteiger partial charge is 0.207 e. The highest BCUT2D eigenvalue weighted by atomic mass is 16.6. The second-order valence-electron chi connectivity index (χ2n) is 5.01. The van der Waals surface area contributed by atoms with Crippen LogP contribution in [0.3, 0.4) is 0 Å². The number of fused-ring (bicyclic) bond motifs is 2. The SMILES string of the molecule is Cc1nn(C)c2c1nc(N)n2-c1ccc2c(c1)OCCO2. The molecule has 0 saturated heterocycles. The van der Waals surface area contributed by atoms with Crippen molar-refractivity contribution in [2.75, 3.05) is 18.9 Å². The zero-order valence-electron chi connectivity index (χ0n) is 11.8. The van der Waals surface area contributed by atoms with Gasteiger partial charge in [0.05, 0.1) is 11.4 Å². The van der Waals surface area contributed by atoms with Gasteiger partial charge in [-0.2, -0.15) is 5.10 Å². The molecule has 0 amide bonds. The Morgan fingerprint density at radius 2 is 1.95 bits per heavy atom. The van der Waals surface area contributed by atoms with Crippen molar-refractivity contribution in [3.8, 4) is 17.2 Å². The Labute approximate surface area is 120 Å². The van der Waals surface area contributed by atoms with Crippen molar-refractivity contribution in [3.05, 3.63) is 23.9 Å². The first kappa shape index (κ1) is 12.1. The van der Waals surface area contributed by atoms with Crippen molar-refractivity contribution < 1.29 is 9.47 Å². The van der Waals surface area contributed by atoms with Crippen LogP contribution < -0.4 is 15.2 Å². The van der Waals surface area contributed by atoms with E-state index in [0.29, 0.717) is 19.2 Å². The maximum Gasteiger partial charge on any atom is 0.207 e. The number of rotatable bonds is 1. The molecule has 7 heteroatoms. The topological polar surface area (TPSA) is 80.1 Å². The van der Waals surface area contributed by atoms with Crippen molar-refractivity contribution in [1.82, 2.24) is 19.3 Å². The summed E-state index contributed by atoms with van der Waals surface area (Å²) in [6.07, 6.45) is 0. The van der Waals surface area contributed by atoms with Gasteiger partial charge >= 0.3 is 0 Å². The lowest BCUT2D eigenvalue weighted by molar-refractivity contribution is 0.171. The predicted octanol–water partition coefficient (Wildman–Crippen LogP) is 1.42. The summed E-state index contributed by atoms with van der Waals surface area (Å²) in [4.78, 5) is 4.41. The largest absolute Gasteiger partial charge is 0.486 e. The minimum absolute atomic E-state index is 0.428. The lowest BCUT2D eigenvalue weighted by Gasteiger charge is -2.19. The molecular formula is C14H15N5O2. The summed E-state index contributed by atoms with van der Waals surface area (Å²) in [6, 6.07) is 5.74. The molecule has 1 aromatic carbocycles. The molecule has 0 atom stereocenters. The molecule has 108 valence electrons. The summed E-state index contributed by atoms with van der Waals surface area (Å²) in [5.41, 5.74) is 9.49. The average Bonchev–Trinajstić information content (AvgIpc) is 2.96. The summed E-state index contributed by atoms with van der Waals surface area (Å²) in [5.74, 6) is 1.90. The fourth-order valence-electron chi connectivity index (χ4n) is 2.72. The second-order valence-corrected chi connectivity index (χ2v) is 5.01. The number of aryl methyl sites for hydroxylation is 2. The summed E-state index contributed by atoms with van der Waals surface area (Å²) < 4.78 is 14.8. The van der Waals surface area contributed by atoms with Crippen LogP contribution in [0.5, 0.6) is 11.5 Å². The highest BCUT2D eigenvalue weighted by molar-refractivity contribution is 5.80. The van der Waals surface area contributed by atoms with E-state index in [4.69, 9.17) is 15.2 Å². The van der Waals surface area contributed by atoms with Crippen LogP contribution in [0.1, 0.15) is 5.69 Å². The Morgan fingerprint density at radius 1 is 1.19 bits per heavy atom. The molecule has 1 aliphatic rings. The van der Waals surface area contributed by atoms with E-state index in [2.05, 4.69) is 10.1 Å². The van der Waals surface area contributed by atoms with Gasteiger partial charge in [-0.25, -0.2) is 9.67 Å². The van der Waals surface area contributed by atoms with E-state index < -0.39 is 0 Å². The summed E-state index contributed by atoms with van der Waals surface area (Å²) >= 11 is 0. The third-order valence-corrected chi connectivity index (χ3v) is 3.61. The molecule has 7 nitrogen and oxygen atoms in total. The van der Waals surface area contributed by atoms with E-state index in [1.807, 2.05) is 36.7 Å². The van der Waals surface area contributed by atoms with Crippen LogP contribution in [-0.2, 0) is 7.05 Å². The molecule has 0 unspecified atom stereocenters. The maximum atomic E-state index is 6.08. The molecule has 0 aliphatic carbocycles. The molecule has 0 radical (unpaired) electrons. The molecule has 0 fully saturated rings. The third kappa shape index (κ3) is 1.67. The number of aromatic nitrogens is 4. The van der Waals surface area contributed by atoms with Gasteiger partial charge in [0, 0.05) is 13.1 Å². The van der Waals surface area contributed by atoms with Crippen molar-refractivity contribution in [3.63, 3.8) is 0 Å². The Balaban J connectivity index is 1.96. The Bertz CT molecular complexity index is 849. The molecule has 3 aromatic rings. The monoisotopic (exact) mass is 285 g/mol. The number of ether oxygens (including phenoxy) is 2. The normalized spacial score (nSPS) is 13.8. The van der Waals surface area contributed by atoms with Crippen LogP contribution >= 0.6 is 0 Å². The van der Waals surface area contributed by atoms with Crippen molar-refractivity contribution in [2.24, 2.45) is 7.05 Å². The second kappa shape index (κ2) is 4.15. The first-order valence-electron chi connectivity index (χ1n) is 6.72. The number of nitrogens with two attached hydrogens (primary N) is 1. The zero-order valence-corrected chi connectivity index (χ0v) is 11.8. The van der Waals surface area contributed by atoms with Crippen molar-refractivity contribution in [2.45, 2.75) is 6.92 Å². The van der Waals surface area contributed by atoms with E-state index in [-0.39, 0.29) is 0 Å². The number of hydrogen-bond acceptors (Lipinski definition) is 5. The number of hydrogen-bond donors (Lipinski definition) is 1. The number of anilines is 1. The van der Waals surface area contributed by atoms with Gasteiger partial charge in [-0.15, -0.1) is 0 Å². The Hall–Kier alpha value is -2.70. The molecule has 2 aromatic heterocycles. The maximum absolute atomic E-state index is 6.08. The third-order valence-electron chi connectivity index (χ3n) is 3.61. The van der Waals surface area contributed by atoms with Crippen LogP contribution in [0.4, 0.5) is 5.95 Å². The molecule has 3 heterocycles. The molecule has 2 N–H and O–H groups in total. The van der Waals surface area contributed by atoms with E-state index in [0.717, 1.165) is 34.0 Å². The van der Waals surface area contributed by atoms with Crippen molar-refractivity contribution >= 4 is 17.1 Å². The lowest BCUT2D eigenvalue weighted by atomic mass is 10.2. The van der Waals surface area contributed by atoms with Gasteiger partial charge in [0.25, 0.3) is 0 Å². The fourth-order valence-corrected chi connectivity index (χ4v) is 2.72. The Morgan fingerprint density at radius 3 is 2.76 bits per heavy atom. The summed E-state index contributed by atoms with van der Waals surface area (Å²) in [6.45, 7) is 3.05. The van der Waals surface area contributed by atoms with Crippen LogP contribution in [-0.4, -0.2) is 32.5 Å². The minimum Gasteiger partial charge on any atom is -0.486 e. The highest BCUT2D eigenvalue weighted by Gasteiger charge is 2.19. The number of nitrogen functional groups attached to an aromatic ring is 1. The molecule has 21 heavy (non-hydrogen) atoms. The number of nitrogens with zero attached hydrogens (tertiary/aromatic N) is 4. The molecule has 0 bridgehead atoms. The summed E-state index contributed by atoms with van der Waals surface area (Å²) in [7, 11) is 1.88. The molecule has 1 aliphatic heterocycles. The zero-order chi connectivity index (χ0) is 14.6. The molecule has 0 spiro atoms. The van der Waals surface area contributed by atoms with E-state index in [1.54, 1.807) is 4.68 Å². The van der Waals surface area contributed by atoms with Crippen LogP contribution in [0.25, 0.3) is 16.9 Å². The molecule has 0 saturated carbocycles. The molecule has 4 rings (SSSR count). The van der Waals surface area contributed by atoms with Crippen LogP contribution in [0, 0.1) is 6.92 Å². The van der Waals surface area contributed by atoms with Crippen LogP contribution in [0.15, 0.2) is 18.2 Å². The fraction of sp³-hybridized carbons (Fsp3) is 0.286. The van der Waals surface area contributed by atoms with Crippen LogP contribution in [0.2, 0.25) is 0 Å². The van der Waals surface area contributed by atoms with Gasteiger partial charge in [0.2, 0.25) is 5.95 Å². The van der Waals surface area contributed by atoms with Gasteiger partial charge in [0.1, 0.15) is 18.7 Å². The van der Waals surface area contributed by atoms with E-state index in [9.17, 15) is 0 Å². The average molecular weight is 285 g/mol. The van der Waals surface area contributed by atoms with Gasteiger partial charge in [-0.05, 0) is 19.1 Å². The Kier molecular flexibility index (Phi) is 2.38.